The van der Waals surface area contributed by atoms with Gasteiger partial charge in [0.25, 0.3) is 0 Å². The summed E-state index contributed by atoms with van der Waals surface area (Å²) in [6, 6.07) is 11.7. The van der Waals surface area contributed by atoms with Gasteiger partial charge in [0.05, 0.1) is 10.9 Å². The van der Waals surface area contributed by atoms with Crippen LogP contribution in [0.25, 0.3) is 21.8 Å². The van der Waals surface area contributed by atoms with Crippen molar-refractivity contribution in [3.8, 4) is 0 Å². The quantitative estimate of drug-likeness (QED) is 0.623. The fourth-order valence-corrected chi connectivity index (χ4v) is 2.27. The number of fused-ring (bicyclic) bond motifs is 3. The molecule has 1 N–H and O–H groups in total. The molecule has 1 aromatic heterocycles. The molecule has 0 aliphatic carbocycles. The maximum atomic E-state index is 12.1. The number of aryl methyl sites for hydroxylation is 2. The molecule has 1 heterocycles. The van der Waals surface area contributed by atoms with Crippen LogP contribution in [-0.4, -0.2) is 4.98 Å². The maximum Gasteiger partial charge on any atom is 0.188 e. The number of aromatic nitrogens is 1. The van der Waals surface area contributed by atoms with Gasteiger partial charge in [0.1, 0.15) is 0 Å². The number of benzene rings is 1. The Morgan fingerprint density at radius 3 is 2.41 bits per heavy atom. The second-order valence-electron chi connectivity index (χ2n) is 4.55. The minimum atomic E-state index is 0.0740. The lowest BCUT2D eigenvalue weighted by molar-refractivity contribution is 1.47. The van der Waals surface area contributed by atoms with E-state index in [4.69, 9.17) is 0 Å². The van der Waals surface area contributed by atoms with E-state index in [-0.39, 0.29) is 5.43 Å². The van der Waals surface area contributed by atoms with Gasteiger partial charge in [-0.1, -0.05) is 17.7 Å². The number of aromatic amines is 1. The highest BCUT2D eigenvalue weighted by molar-refractivity contribution is 6.07. The van der Waals surface area contributed by atoms with Crippen molar-refractivity contribution in [1.82, 2.24) is 4.98 Å². The van der Waals surface area contributed by atoms with E-state index in [1.54, 1.807) is 6.07 Å². The van der Waals surface area contributed by atoms with Crippen LogP contribution in [0.5, 0.6) is 0 Å². The Balaban J connectivity index is 2.65. The van der Waals surface area contributed by atoms with Crippen LogP contribution < -0.4 is 5.43 Å². The van der Waals surface area contributed by atoms with E-state index in [0.717, 1.165) is 27.4 Å². The van der Waals surface area contributed by atoms with Gasteiger partial charge in [-0.2, -0.15) is 0 Å². The van der Waals surface area contributed by atoms with Crippen LogP contribution in [-0.2, 0) is 0 Å². The number of hydrogen-bond donors (Lipinski definition) is 1. The van der Waals surface area contributed by atoms with E-state index < -0.39 is 0 Å². The molecule has 2 heteroatoms. The predicted molar refractivity (Wildman–Crippen MR) is 71.5 cm³/mol. The third-order valence-electron chi connectivity index (χ3n) is 3.10. The first-order valence-corrected chi connectivity index (χ1v) is 5.68. The van der Waals surface area contributed by atoms with E-state index in [1.165, 1.54) is 5.56 Å². The van der Waals surface area contributed by atoms with Gasteiger partial charge in [-0.25, -0.2) is 0 Å². The van der Waals surface area contributed by atoms with E-state index in [2.05, 4.69) is 17.1 Å². The SMILES string of the molecule is Cc1ccc(=O)c2c(c1)[nH]c1ccc(C)cc12. The van der Waals surface area contributed by atoms with E-state index in [1.807, 2.05) is 32.0 Å². The molecule has 0 aliphatic rings. The zero-order chi connectivity index (χ0) is 12.0. The summed E-state index contributed by atoms with van der Waals surface area (Å²) in [7, 11) is 0. The standard InChI is InChI=1S/C15H13NO/c1-9-3-5-12-11(7-9)15-13(16-12)8-10(2)4-6-14(15)17/h3-8,16H,1-2H3. The molecule has 0 spiro atoms. The molecule has 0 fully saturated rings. The minimum absolute atomic E-state index is 0.0740. The Bertz CT molecular complexity index is 784. The first kappa shape index (κ1) is 10.1. The lowest BCUT2D eigenvalue weighted by Crippen LogP contribution is -1.92. The van der Waals surface area contributed by atoms with Gasteiger partial charge in [0.2, 0.25) is 0 Å². The van der Waals surface area contributed by atoms with Crippen LogP contribution in [0.2, 0.25) is 0 Å². The second-order valence-corrected chi connectivity index (χ2v) is 4.55. The summed E-state index contributed by atoms with van der Waals surface area (Å²) in [6.45, 7) is 4.03. The summed E-state index contributed by atoms with van der Waals surface area (Å²) in [5.74, 6) is 0. The van der Waals surface area contributed by atoms with Crippen LogP contribution in [0.3, 0.4) is 0 Å². The van der Waals surface area contributed by atoms with Gasteiger partial charge < -0.3 is 4.98 Å². The summed E-state index contributed by atoms with van der Waals surface area (Å²) in [6.07, 6.45) is 0. The molecule has 3 rings (SSSR count). The highest BCUT2D eigenvalue weighted by Crippen LogP contribution is 2.23. The lowest BCUT2D eigenvalue weighted by atomic mass is 10.1. The molecule has 2 aromatic carbocycles. The molecule has 0 bridgehead atoms. The summed E-state index contributed by atoms with van der Waals surface area (Å²) in [4.78, 5) is 15.4. The summed E-state index contributed by atoms with van der Waals surface area (Å²) < 4.78 is 0. The van der Waals surface area contributed by atoms with Crippen LogP contribution in [0.1, 0.15) is 11.1 Å². The van der Waals surface area contributed by atoms with Gasteiger partial charge in [0.15, 0.2) is 5.43 Å². The zero-order valence-electron chi connectivity index (χ0n) is 9.87. The third-order valence-corrected chi connectivity index (χ3v) is 3.10. The molecule has 3 aromatic rings. The Morgan fingerprint density at radius 1 is 0.882 bits per heavy atom. The monoisotopic (exact) mass is 223 g/mol. The average molecular weight is 223 g/mol. The lowest BCUT2D eigenvalue weighted by Gasteiger charge is -1.91. The molecule has 0 amide bonds. The minimum Gasteiger partial charge on any atom is -0.354 e. The van der Waals surface area contributed by atoms with Crippen molar-refractivity contribution in [2.24, 2.45) is 0 Å². The van der Waals surface area contributed by atoms with Crippen molar-refractivity contribution in [2.75, 3.05) is 0 Å². The summed E-state index contributed by atoms with van der Waals surface area (Å²) >= 11 is 0. The topological polar surface area (TPSA) is 32.9 Å². The molecule has 0 unspecified atom stereocenters. The van der Waals surface area contributed by atoms with Crippen molar-refractivity contribution in [2.45, 2.75) is 13.8 Å². The summed E-state index contributed by atoms with van der Waals surface area (Å²) in [5, 5.41) is 1.80. The molecule has 0 saturated heterocycles. The van der Waals surface area contributed by atoms with Crippen LogP contribution in [0.4, 0.5) is 0 Å². The fraction of sp³-hybridized carbons (Fsp3) is 0.133. The predicted octanol–water partition coefficient (Wildman–Crippen LogP) is 3.30. The molecule has 2 nitrogen and oxygen atoms in total. The molecule has 17 heavy (non-hydrogen) atoms. The number of rotatable bonds is 0. The van der Waals surface area contributed by atoms with Crippen molar-refractivity contribution in [3.05, 3.63) is 57.7 Å². The number of nitrogens with one attached hydrogen (secondary N) is 1. The van der Waals surface area contributed by atoms with E-state index >= 15 is 0 Å². The molecule has 0 saturated carbocycles. The van der Waals surface area contributed by atoms with Gasteiger partial charge in [0, 0.05) is 10.9 Å². The average Bonchev–Trinajstić information content (AvgIpc) is 2.56. The Hall–Kier alpha value is -2.09. The Kier molecular flexibility index (Phi) is 2.05. The molecule has 0 aliphatic heterocycles. The normalized spacial score (nSPS) is 11.2. The van der Waals surface area contributed by atoms with Crippen LogP contribution >= 0.6 is 0 Å². The first-order chi connectivity index (χ1) is 8.15. The van der Waals surface area contributed by atoms with Gasteiger partial charge in [-0.05, 0) is 43.7 Å². The molecular formula is C15H13NO. The van der Waals surface area contributed by atoms with Crippen LogP contribution in [0, 0.1) is 13.8 Å². The van der Waals surface area contributed by atoms with Crippen molar-refractivity contribution < 1.29 is 0 Å². The summed E-state index contributed by atoms with van der Waals surface area (Å²) in [5.41, 5.74) is 4.26. The third kappa shape index (κ3) is 1.53. The maximum absolute atomic E-state index is 12.1. The zero-order valence-corrected chi connectivity index (χ0v) is 9.87. The highest BCUT2D eigenvalue weighted by Gasteiger charge is 2.06. The largest absolute Gasteiger partial charge is 0.354 e. The molecule has 84 valence electrons. The van der Waals surface area contributed by atoms with Crippen LogP contribution in [0.15, 0.2) is 41.2 Å². The van der Waals surface area contributed by atoms with E-state index in [9.17, 15) is 4.79 Å². The van der Waals surface area contributed by atoms with E-state index in [0.29, 0.717) is 0 Å². The number of hydrogen-bond acceptors (Lipinski definition) is 1. The Labute approximate surface area is 98.9 Å². The van der Waals surface area contributed by atoms with Crippen molar-refractivity contribution >= 4 is 21.8 Å². The second kappa shape index (κ2) is 3.45. The Morgan fingerprint density at radius 2 is 1.59 bits per heavy atom. The van der Waals surface area contributed by atoms with Crippen molar-refractivity contribution in [3.63, 3.8) is 0 Å². The molecule has 0 atom stereocenters. The van der Waals surface area contributed by atoms with Gasteiger partial charge in [-0.15, -0.1) is 0 Å². The van der Waals surface area contributed by atoms with Gasteiger partial charge in [-0.3, -0.25) is 4.79 Å². The fourth-order valence-electron chi connectivity index (χ4n) is 2.27. The highest BCUT2D eigenvalue weighted by atomic mass is 16.1. The number of H-pyrrole nitrogens is 1. The smallest absolute Gasteiger partial charge is 0.188 e. The molecular weight excluding hydrogens is 210 g/mol. The van der Waals surface area contributed by atoms with Gasteiger partial charge >= 0.3 is 0 Å². The molecule has 0 radical (unpaired) electrons. The van der Waals surface area contributed by atoms with Crippen molar-refractivity contribution in [1.29, 1.82) is 0 Å². The first-order valence-electron chi connectivity index (χ1n) is 5.68.